The Kier molecular flexibility index (Phi) is 18.4. The minimum absolute atomic E-state index is 0.566. The van der Waals surface area contributed by atoms with E-state index in [1.165, 1.54) is 31.0 Å². The van der Waals surface area contributed by atoms with Gasteiger partial charge in [-0.3, -0.25) is 9.80 Å². The van der Waals surface area contributed by atoms with Gasteiger partial charge in [-0.15, -0.1) is 13.2 Å². The molecule has 4 rings (SSSR count). The molecule has 0 bridgehead atoms. The number of anilines is 1. The van der Waals surface area contributed by atoms with Gasteiger partial charge < -0.3 is 16.0 Å². The summed E-state index contributed by atoms with van der Waals surface area (Å²) in [5, 5.41) is 3.14. The van der Waals surface area contributed by atoms with Crippen molar-refractivity contribution in [1.82, 2.24) is 20.1 Å². The van der Waals surface area contributed by atoms with Crippen molar-refractivity contribution in [3.8, 4) is 0 Å². The molecule has 1 atom stereocenters. The van der Waals surface area contributed by atoms with Gasteiger partial charge in [0, 0.05) is 50.5 Å². The molecular formula is C34H59FN6. The lowest BCUT2D eigenvalue weighted by Gasteiger charge is -2.48. The third-order valence-electron chi connectivity index (χ3n) is 8.06. The number of hydrogen-bond donors (Lipinski definition) is 2. The normalized spacial score (nSPS) is 20.9. The summed E-state index contributed by atoms with van der Waals surface area (Å²) in [5.41, 5.74) is 8.91. The first-order chi connectivity index (χ1) is 19.9. The maximum absolute atomic E-state index is 13.4. The minimum atomic E-state index is 0.566. The van der Waals surface area contributed by atoms with Crippen LogP contribution in [-0.4, -0.2) is 86.3 Å². The molecule has 1 unspecified atom stereocenters. The number of halogens is 1. The van der Waals surface area contributed by atoms with E-state index in [2.05, 4.69) is 65.7 Å². The van der Waals surface area contributed by atoms with Crippen molar-refractivity contribution in [1.29, 1.82) is 0 Å². The van der Waals surface area contributed by atoms with E-state index in [1.54, 1.807) is 0 Å². The molecular weight excluding hydrogens is 511 g/mol. The van der Waals surface area contributed by atoms with E-state index in [1.807, 2.05) is 45.3 Å². The SMILES string of the molecule is C=C.CN.CNC1CC1.C\C=C(C)/C=C\C(=C\F)CN1CCC(N2CCN(c3ncc(C)cc3C)CC2CC)CC1. The molecule has 6 nitrogen and oxygen atoms in total. The van der Waals surface area contributed by atoms with Gasteiger partial charge in [0.15, 0.2) is 0 Å². The Morgan fingerprint density at radius 3 is 2.24 bits per heavy atom. The highest BCUT2D eigenvalue weighted by Crippen LogP contribution is 2.27. The van der Waals surface area contributed by atoms with Gasteiger partial charge in [-0.2, -0.15) is 0 Å². The lowest BCUT2D eigenvalue weighted by molar-refractivity contribution is 0.0659. The molecule has 2 aliphatic heterocycles. The van der Waals surface area contributed by atoms with Gasteiger partial charge in [0.1, 0.15) is 5.82 Å². The molecule has 7 heteroatoms. The Bertz CT molecular complexity index is 947. The van der Waals surface area contributed by atoms with Gasteiger partial charge in [-0.25, -0.2) is 9.37 Å². The van der Waals surface area contributed by atoms with Gasteiger partial charge in [-0.05, 0) is 104 Å². The van der Waals surface area contributed by atoms with Crippen LogP contribution in [0.1, 0.15) is 64.0 Å². The fourth-order valence-electron chi connectivity index (χ4n) is 5.44. The first-order valence-corrected chi connectivity index (χ1v) is 15.4. The number of nitrogens with one attached hydrogen (secondary N) is 1. The van der Waals surface area contributed by atoms with Crippen molar-refractivity contribution < 1.29 is 4.39 Å². The molecule has 3 N–H and O–H groups in total. The summed E-state index contributed by atoms with van der Waals surface area (Å²) in [4.78, 5) is 12.4. The molecule has 0 amide bonds. The van der Waals surface area contributed by atoms with E-state index in [-0.39, 0.29) is 0 Å². The molecule has 1 saturated carbocycles. The zero-order chi connectivity index (χ0) is 30.8. The molecule has 0 spiro atoms. The highest BCUT2D eigenvalue weighted by molar-refractivity contribution is 5.48. The number of rotatable bonds is 8. The van der Waals surface area contributed by atoms with E-state index in [4.69, 9.17) is 4.98 Å². The van der Waals surface area contributed by atoms with Crippen molar-refractivity contribution in [2.24, 2.45) is 5.73 Å². The Morgan fingerprint density at radius 1 is 1.10 bits per heavy atom. The predicted molar refractivity (Wildman–Crippen MR) is 177 cm³/mol. The zero-order valence-corrected chi connectivity index (χ0v) is 27.1. The standard InChI is InChI=1S/C27H41FN4.C4H9N.C2H4.CH5N/c1-6-21(3)8-9-24(17-28)19-30-12-10-26(11-13-30)32-15-14-31(20-25(32)7-2)27-23(5)16-22(4)18-29-27;1-5-4-2-3-4;2*1-2/h6,8-9,16-18,25-26H,7,10-15,19-20H2,1-5H3;4-5H,2-3H2,1H3;1-2H2;2H2,1H3/b9-8-,21-6-,24-17-;;;. The minimum Gasteiger partial charge on any atom is -0.354 e. The Morgan fingerprint density at radius 2 is 1.76 bits per heavy atom. The molecule has 3 aliphatic rings. The lowest BCUT2D eigenvalue weighted by Crippen LogP contribution is -2.58. The summed E-state index contributed by atoms with van der Waals surface area (Å²) in [6.45, 7) is 22.6. The second-order valence-corrected chi connectivity index (χ2v) is 11.0. The average Bonchev–Trinajstić information content (AvgIpc) is 3.86. The summed E-state index contributed by atoms with van der Waals surface area (Å²) < 4.78 is 13.4. The van der Waals surface area contributed by atoms with E-state index >= 15 is 0 Å². The Balaban J connectivity index is 0.000000813. The van der Waals surface area contributed by atoms with Crippen LogP contribution >= 0.6 is 0 Å². The third-order valence-corrected chi connectivity index (χ3v) is 8.06. The fraction of sp³-hybridized carbons (Fsp3) is 0.618. The van der Waals surface area contributed by atoms with Gasteiger partial charge in [0.25, 0.3) is 0 Å². The van der Waals surface area contributed by atoms with Crippen LogP contribution < -0.4 is 16.0 Å². The molecule has 3 heterocycles. The van der Waals surface area contributed by atoms with Crippen LogP contribution in [0.5, 0.6) is 0 Å². The number of likely N-dealkylation sites (tertiary alicyclic amines) is 1. The van der Waals surface area contributed by atoms with Crippen LogP contribution in [0.4, 0.5) is 10.2 Å². The summed E-state index contributed by atoms with van der Waals surface area (Å²) in [7, 11) is 3.51. The first-order valence-electron chi connectivity index (χ1n) is 15.4. The highest BCUT2D eigenvalue weighted by Gasteiger charge is 2.33. The molecule has 1 aromatic rings. The van der Waals surface area contributed by atoms with E-state index in [9.17, 15) is 4.39 Å². The summed E-state index contributed by atoms with van der Waals surface area (Å²) in [6.07, 6.45) is 15.0. The molecule has 2 saturated heterocycles. The van der Waals surface area contributed by atoms with E-state index in [0.717, 1.165) is 81.3 Å². The fourth-order valence-corrected chi connectivity index (χ4v) is 5.44. The first kappa shape index (κ1) is 36.7. The van der Waals surface area contributed by atoms with Crippen molar-refractivity contribution >= 4 is 5.82 Å². The van der Waals surface area contributed by atoms with Crippen molar-refractivity contribution in [3.05, 3.63) is 72.3 Å². The van der Waals surface area contributed by atoms with E-state index in [0.29, 0.717) is 18.6 Å². The van der Waals surface area contributed by atoms with Crippen LogP contribution in [0.2, 0.25) is 0 Å². The number of piperidine rings is 1. The van der Waals surface area contributed by atoms with Gasteiger partial charge >= 0.3 is 0 Å². The largest absolute Gasteiger partial charge is 0.354 e. The second kappa shape index (κ2) is 20.5. The third kappa shape index (κ3) is 12.6. The maximum atomic E-state index is 13.4. The molecule has 0 radical (unpaired) electrons. The van der Waals surface area contributed by atoms with Gasteiger partial charge in [0.05, 0.1) is 6.33 Å². The van der Waals surface area contributed by atoms with Crippen LogP contribution in [0.25, 0.3) is 0 Å². The quantitative estimate of drug-likeness (QED) is 0.287. The van der Waals surface area contributed by atoms with Crippen molar-refractivity contribution in [3.63, 3.8) is 0 Å². The molecule has 41 heavy (non-hydrogen) atoms. The monoisotopic (exact) mass is 570 g/mol. The summed E-state index contributed by atoms with van der Waals surface area (Å²) in [6, 6.07) is 4.32. The van der Waals surface area contributed by atoms with Crippen molar-refractivity contribution in [2.45, 2.75) is 84.8 Å². The number of hydrogen-bond acceptors (Lipinski definition) is 6. The van der Waals surface area contributed by atoms with Gasteiger partial charge in [-0.1, -0.05) is 36.8 Å². The second-order valence-electron chi connectivity index (χ2n) is 11.0. The van der Waals surface area contributed by atoms with E-state index < -0.39 is 0 Å². The number of nitrogens with two attached hydrogens (primary N) is 1. The molecule has 1 aromatic heterocycles. The summed E-state index contributed by atoms with van der Waals surface area (Å²) in [5.74, 6) is 1.15. The topological polar surface area (TPSA) is 60.7 Å². The maximum Gasteiger partial charge on any atom is 0.131 e. The number of allylic oxidation sites excluding steroid dienone is 3. The summed E-state index contributed by atoms with van der Waals surface area (Å²) >= 11 is 0. The highest BCUT2D eigenvalue weighted by atomic mass is 19.1. The number of aromatic nitrogens is 1. The Hall–Kier alpha value is -2.32. The van der Waals surface area contributed by atoms with Crippen LogP contribution in [-0.2, 0) is 0 Å². The number of pyridine rings is 1. The number of piperazine rings is 1. The predicted octanol–water partition coefficient (Wildman–Crippen LogP) is 6.18. The van der Waals surface area contributed by atoms with Crippen LogP contribution in [0.3, 0.4) is 0 Å². The lowest BCUT2D eigenvalue weighted by atomic mass is 9.97. The van der Waals surface area contributed by atoms with Crippen molar-refractivity contribution in [2.75, 3.05) is 58.3 Å². The number of nitrogens with zero attached hydrogens (tertiary/aromatic N) is 4. The smallest absolute Gasteiger partial charge is 0.131 e. The zero-order valence-electron chi connectivity index (χ0n) is 27.1. The van der Waals surface area contributed by atoms with Crippen LogP contribution in [0, 0.1) is 13.8 Å². The van der Waals surface area contributed by atoms with Crippen LogP contribution in [0.15, 0.2) is 61.1 Å². The number of aryl methyl sites for hydroxylation is 2. The Labute approximate surface area is 251 Å². The van der Waals surface area contributed by atoms with Gasteiger partial charge in [0.2, 0.25) is 0 Å². The molecule has 1 aliphatic carbocycles. The molecule has 3 fully saturated rings. The average molecular weight is 571 g/mol. The molecule has 0 aromatic carbocycles. The molecule has 232 valence electrons.